The van der Waals surface area contributed by atoms with Crippen molar-refractivity contribution in [3.63, 3.8) is 0 Å². The summed E-state index contributed by atoms with van der Waals surface area (Å²) in [5.74, 6) is 0.673. The van der Waals surface area contributed by atoms with E-state index in [4.69, 9.17) is 0 Å². The zero-order chi connectivity index (χ0) is 16.1. The van der Waals surface area contributed by atoms with Crippen molar-refractivity contribution < 1.29 is 0 Å². The predicted molar refractivity (Wildman–Crippen MR) is 95.0 cm³/mol. The average Bonchev–Trinajstić information content (AvgIpc) is 2.42. The summed E-state index contributed by atoms with van der Waals surface area (Å²) in [7, 11) is 0. The molecule has 1 rings (SSSR count). The van der Waals surface area contributed by atoms with Crippen LogP contribution in [-0.4, -0.2) is 12.1 Å². The molecule has 0 radical (unpaired) electrons. The van der Waals surface area contributed by atoms with Gasteiger partial charge >= 0.3 is 0 Å². The lowest BCUT2D eigenvalue weighted by atomic mass is 9.85. The first-order chi connectivity index (χ1) is 9.63. The third-order valence-electron chi connectivity index (χ3n) is 4.35. The van der Waals surface area contributed by atoms with Crippen molar-refractivity contribution >= 4 is 0 Å². The summed E-state index contributed by atoms with van der Waals surface area (Å²) in [6.45, 7) is 17.0. The Morgan fingerprint density at radius 3 is 2.05 bits per heavy atom. The molecule has 21 heavy (non-hydrogen) atoms. The maximum absolute atomic E-state index is 3.63. The van der Waals surface area contributed by atoms with Gasteiger partial charge in [0.1, 0.15) is 0 Å². The molecule has 120 valence electrons. The summed E-state index contributed by atoms with van der Waals surface area (Å²) < 4.78 is 0. The van der Waals surface area contributed by atoms with Crippen LogP contribution in [-0.2, 0) is 6.42 Å². The molecule has 0 heterocycles. The first-order valence-electron chi connectivity index (χ1n) is 8.47. The van der Waals surface area contributed by atoms with E-state index in [1.54, 1.807) is 0 Å². The van der Waals surface area contributed by atoms with Gasteiger partial charge < -0.3 is 5.32 Å². The maximum Gasteiger partial charge on any atom is 0.00967 e. The van der Waals surface area contributed by atoms with Crippen LogP contribution < -0.4 is 5.32 Å². The van der Waals surface area contributed by atoms with Crippen LogP contribution in [0.4, 0.5) is 0 Å². The molecule has 0 aromatic heterocycles. The Balaban J connectivity index is 2.50. The minimum Gasteiger partial charge on any atom is -0.312 e. The van der Waals surface area contributed by atoms with Gasteiger partial charge in [0.2, 0.25) is 0 Å². The van der Waals surface area contributed by atoms with Gasteiger partial charge in [-0.05, 0) is 62.5 Å². The maximum atomic E-state index is 3.63. The van der Waals surface area contributed by atoms with Gasteiger partial charge in [0, 0.05) is 12.1 Å². The van der Waals surface area contributed by atoms with Crippen molar-refractivity contribution in [1.29, 1.82) is 0 Å². The molecule has 0 aliphatic rings. The molecule has 1 atom stereocenters. The third kappa shape index (κ3) is 7.13. The van der Waals surface area contributed by atoms with Gasteiger partial charge in [-0.15, -0.1) is 0 Å². The Labute approximate surface area is 132 Å². The standard InChI is InChI=1S/C20H35N/c1-8-16(2)18-11-9-17(10-12-18)13-14-20(6,7)15-21-19(3,4)5/h9-12,16,21H,8,13-15H2,1-7H3. The second kappa shape index (κ2) is 7.45. The highest BCUT2D eigenvalue weighted by Gasteiger charge is 2.20. The number of nitrogens with one attached hydrogen (secondary N) is 1. The Morgan fingerprint density at radius 2 is 1.57 bits per heavy atom. The molecule has 0 amide bonds. The predicted octanol–water partition coefficient (Wildman–Crippen LogP) is 5.55. The van der Waals surface area contributed by atoms with Crippen LogP contribution in [0.2, 0.25) is 0 Å². The third-order valence-corrected chi connectivity index (χ3v) is 4.35. The zero-order valence-corrected chi connectivity index (χ0v) is 15.2. The summed E-state index contributed by atoms with van der Waals surface area (Å²) in [6, 6.07) is 9.25. The van der Waals surface area contributed by atoms with E-state index >= 15 is 0 Å². The minimum atomic E-state index is 0.204. The van der Waals surface area contributed by atoms with E-state index in [0.717, 1.165) is 6.54 Å². The molecule has 1 aromatic carbocycles. The molecule has 0 aliphatic heterocycles. The molecule has 0 saturated heterocycles. The van der Waals surface area contributed by atoms with Crippen molar-refractivity contribution in [3.8, 4) is 0 Å². The molecule has 1 N–H and O–H groups in total. The van der Waals surface area contributed by atoms with E-state index in [9.17, 15) is 0 Å². The quantitative estimate of drug-likeness (QED) is 0.694. The van der Waals surface area contributed by atoms with Crippen LogP contribution in [0.25, 0.3) is 0 Å². The normalized spacial score (nSPS) is 14.2. The van der Waals surface area contributed by atoms with E-state index in [1.165, 1.54) is 30.4 Å². The van der Waals surface area contributed by atoms with Gasteiger partial charge in [0.15, 0.2) is 0 Å². The highest BCUT2D eigenvalue weighted by molar-refractivity contribution is 5.25. The van der Waals surface area contributed by atoms with Crippen molar-refractivity contribution in [1.82, 2.24) is 5.32 Å². The smallest absolute Gasteiger partial charge is 0.00967 e. The van der Waals surface area contributed by atoms with Gasteiger partial charge in [-0.3, -0.25) is 0 Å². The molecular weight excluding hydrogens is 254 g/mol. The summed E-state index contributed by atoms with van der Waals surface area (Å²) in [6.07, 6.45) is 3.60. The molecule has 0 saturated carbocycles. The fourth-order valence-corrected chi connectivity index (χ4v) is 2.32. The Morgan fingerprint density at radius 1 is 1.00 bits per heavy atom. The van der Waals surface area contributed by atoms with E-state index in [1.807, 2.05) is 0 Å². The molecule has 0 aliphatic carbocycles. The number of rotatable bonds is 7. The van der Waals surface area contributed by atoms with Crippen LogP contribution in [0.1, 0.15) is 78.4 Å². The first-order valence-corrected chi connectivity index (χ1v) is 8.47. The van der Waals surface area contributed by atoms with E-state index in [0.29, 0.717) is 11.3 Å². The van der Waals surface area contributed by atoms with Crippen molar-refractivity contribution in [2.45, 2.75) is 79.2 Å². The Bertz CT molecular complexity index is 408. The summed E-state index contributed by atoms with van der Waals surface area (Å²) in [5, 5.41) is 3.63. The number of benzene rings is 1. The minimum absolute atomic E-state index is 0.204. The lowest BCUT2D eigenvalue weighted by Crippen LogP contribution is -2.42. The van der Waals surface area contributed by atoms with E-state index < -0.39 is 0 Å². The number of hydrogen-bond acceptors (Lipinski definition) is 1. The van der Waals surface area contributed by atoms with Gasteiger partial charge in [0.25, 0.3) is 0 Å². The zero-order valence-electron chi connectivity index (χ0n) is 15.2. The van der Waals surface area contributed by atoms with Crippen molar-refractivity contribution in [3.05, 3.63) is 35.4 Å². The van der Waals surface area contributed by atoms with Crippen LogP contribution in [0.15, 0.2) is 24.3 Å². The Hall–Kier alpha value is -0.820. The number of aryl methyl sites for hydroxylation is 1. The van der Waals surface area contributed by atoms with Crippen molar-refractivity contribution in [2.75, 3.05) is 6.54 Å². The van der Waals surface area contributed by atoms with Crippen LogP contribution in [0.5, 0.6) is 0 Å². The first kappa shape index (κ1) is 18.2. The topological polar surface area (TPSA) is 12.0 Å². The fraction of sp³-hybridized carbons (Fsp3) is 0.700. The molecule has 1 aromatic rings. The van der Waals surface area contributed by atoms with Gasteiger partial charge in [-0.2, -0.15) is 0 Å². The average molecular weight is 290 g/mol. The lowest BCUT2D eigenvalue weighted by Gasteiger charge is -2.30. The van der Waals surface area contributed by atoms with Crippen LogP contribution >= 0.6 is 0 Å². The van der Waals surface area contributed by atoms with Crippen LogP contribution in [0.3, 0.4) is 0 Å². The number of hydrogen-bond donors (Lipinski definition) is 1. The molecule has 1 unspecified atom stereocenters. The second-order valence-electron chi connectivity index (χ2n) is 8.32. The van der Waals surface area contributed by atoms with Crippen molar-refractivity contribution in [2.24, 2.45) is 5.41 Å². The largest absolute Gasteiger partial charge is 0.312 e. The van der Waals surface area contributed by atoms with Gasteiger partial charge in [-0.1, -0.05) is 52.0 Å². The van der Waals surface area contributed by atoms with E-state index in [-0.39, 0.29) is 5.54 Å². The summed E-state index contributed by atoms with van der Waals surface area (Å²) in [4.78, 5) is 0. The SMILES string of the molecule is CCC(C)c1ccc(CCC(C)(C)CNC(C)(C)C)cc1. The van der Waals surface area contributed by atoms with Gasteiger partial charge in [0.05, 0.1) is 0 Å². The molecule has 1 heteroatoms. The molecule has 1 nitrogen and oxygen atoms in total. The highest BCUT2D eigenvalue weighted by atomic mass is 14.9. The highest BCUT2D eigenvalue weighted by Crippen LogP contribution is 2.24. The molecule has 0 spiro atoms. The lowest BCUT2D eigenvalue weighted by molar-refractivity contribution is 0.273. The molecule has 0 fully saturated rings. The monoisotopic (exact) mass is 289 g/mol. The molecule has 0 bridgehead atoms. The van der Waals surface area contributed by atoms with Gasteiger partial charge in [-0.25, -0.2) is 0 Å². The summed E-state index contributed by atoms with van der Waals surface area (Å²) >= 11 is 0. The Kier molecular flexibility index (Phi) is 6.46. The summed E-state index contributed by atoms with van der Waals surface area (Å²) in [5.41, 5.74) is 3.47. The second-order valence-corrected chi connectivity index (χ2v) is 8.32. The fourth-order valence-electron chi connectivity index (χ4n) is 2.32. The van der Waals surface area contributed by atoms with E-state index in [2.05, 4.69) is 78.0 Å². The van der Waals surface area contributed by atoms with Crippen LogP contribution in [0, 0.1) is 5.41 Å². The molecular formula is C20H35N.